The summed E-state index contributed by atoms with van der Waals surface area (Å²) in [5.74, 6) is 0.446. The number of aromatic nitrogens is 2. The van der Waals surface area contributed by atoms with Gasteiger partial charge in [0.15, 0.2) is 5.75 Å². The summed E-state index contributed by atoms with van der Waals surface area (Å²) in [5, 5.41) is 1.00. The van der Waals surface area contributed by atoms with Gasteiger partial charge in [-0.1, -0.05) is 23.2 Å². The quantitative estimate of drug-likeness (QED) is 0.695. The van der Waals surface area contributed by atoms with E-state index in [2.05, 4.69) is 9.97 Å². The minimum atomic E-state index is 0.338. The van der Waals surface area contributed by atoms with Crippen molar-refractivity contribution >= 4 is 39.9 Å². The highest BCUT2D eigenvalue weighted by Gasteiger charge is 2.08. The second-order valence-electron chi connectivity index (χ2n) is 4.00. The van der Waals surface area contributed by atoms with Gasteiger partial charge < -0.3 is 15.5 Å². The minimum Gasteiger partial charge on any atom is -0.424 e. The lowest BCUT2D eigenvalue weighted by molar-refractivity contribution is 0.449. The molecule has 96 valence electrons. The summed E-state index contributed by atoms with van der Waals surface area (Å²) in [6.07, 6.45) is 0. The third kappa shape index (κ3) is 2.45. The van der Waals surface area contributed by atoms with Crippen LogP contribution in [0.1, 0.15) is 0 Å². The molecule has 19 heavy (non-hydrogen) atoms. The predicted octanol–water partition coefficient (Wildman–Crippen LogP) is 4.24. The maximum atomic E-state index is 6.02. The topological polar surface area (TPSA) is 63.9 Å². The van der Waals surface area contributed by atoms with Crippen molar-refractivity contribution in [3.63, 3.8) is 0 Å². The number of anilines is 1. The van der Waals surface area contributed by atoms with Gasteiger partial charge in [-0.3, -0.25) is 0 Å². The number of nitrogen functional groups attached to an aromatic ring is 1. The maximum absolute atomic E-state index is 6.02. The highest BCUT2D eigenvalue weighted by Crippen LogP contribution is 2.31. The Morgan fingerprint density at radius 1 is 1.11 bits per heavy atom. The Morgan fingerprint density at radius 2 is 1.95 bits per heavy atom. The summed E-state index contributed by atoms with van der Waals surface area (Å²) in [6.45, 7) is 0. The monoisotopic (exact) mass is 293 g/mol. The van der Waals surface area contributed by atoms with Crippen LogP contribution < -0.4 is 10.5 Å². The van der Waals surface area contributed by atoms with Crippen molar-refractivity contribution in [3.05, 3.63) is 46.4 Å². The number of aromatic amines is 1. The van der Waals surface area contributed by atoms with Gasteiger partial charge in [-0.05, 0) is 30.3 Å². The van der Waals surface area contributed by atoms with Crippen LogP contribution in [0.3, 0.4) is 0 Å². The van der Waals surface area contributed by atoms with Crippen LogP contribution in [0, 0.1) is 0 Å². The van der Waals surface area contributed by atoms with Crippen molar-refractivity contribution in [3.8, 4) is 11.8 Å². The first-order valence-electron chi connectivity index (χ1n) is 5.50. The van der Waals surface area contributed by atoms with Gasteiger partial charge in [-0.2, -0.15) is 4.98 Å². The number of halogens is 2. The first-order valence-corrected chi connectivity index (χ1v) is 6.25. The van der Waals surface area contributed by atoms with Gasteiger partial charge in [0, 0.05) is 16.8 Å². The molecule has 1 heterocycles. The SMILES string of the molecule is Nc1ccc2nc(Oc3cc(Cl)ccc3Cl)[nH]c2c1. The third-order valence-corrected chi connectivity index (χ3v) is 3.13. The number of H-pyrrole nitrogens is 1. The number of nitrogens with one attached hydrogen (secondary N) is 1. The molecule has 2 aromatic carbocycles. The number of nitrogens with two attached hydrogens (primary N) is 1. The molecule has 3 rings (SSSR count). The Morgan fingerprint density at radius 3 is 2.79 bits per heavy atom. The molecule has 0 amide bonds. The van der Waals surface area contributed by atoms with Crippen LogP contribution in [0.5, 0.6) is 11.8 Å². The lowest BCUT2D eigenvalue weighted by atomic mass is 10.3. The first kappa shape index (κ1) is 12.1. The smallest absolute Gasteiger partial charge is 0.300 e. The van der Waals surface area contributed by atoms with E-state index in [-0.39, 0.29) is 0 Å². The normalized spacial score (nSPS) is 10.8. The van der Waals surface area contributed by atoms with E-state index in [1.165, 1.54) is 0 Å². The second kappa shape index (κ2) is 4.64. The first-order chi connectivity index (χ1) is 9.11. The molecule has 0 bridgehead atoms. The van der Waals surface area contributed by atoms with Crippen LogP contribution in [0.25, 0.3) is 11.0 Å². The van der Waals surface area contributed by atoms with Gasteiger partial charge in [0.1, 0.15) is 0 Å². The summed E-state index contributed by atoms with van der Waals surface area (Å²) < 4.78 is 5.59. The maximum Gasteiger partial charge on any atom is 0.300 e. The number of hydrogen-bond donors (Lipinski definition) is 2. The highest BCUT2D eigenvalue weighted by atomic mass is 35.5. The average molecular weight is 294 g/mol. The van der Waals surface area contributed by atoms with Crippen LogP contribution in [0.4, 0.5) is 5.69 Å². The van der Waals surface area contributed by atoms with Crippen LogP contribution in [-0.2, 0) is 0 Å². The number of ether oxygens (including phenoxy) is 1. The molecule has 0 saturated heterocycles. The van der Waals surface area contributed by atoms with E-state index in [9.17, 15) is 0 Å². The molecule has 0 unspecified atom stereocenters. The average Bonchev–Trinajstić information content (AvgIpc) is 2.75. The molecule has 1 aromatic heterocycles. The van der Waals surface area contributed by atoms with Crippen molar-refractivity contribution < 1.29 is 4.74 Å². The molecule has 4 nitrogen and oxygen atoms in total. The lowest BCUT2D eigenvalue weighted by Gasteiger charge is -2.04. The Bertz CT molecular complexity index is 755. The number of benzene rings is 2. The third-order valence-electron chi connectivity index (χ3n) is 2.58. The zero-order chi connectivity index (χ0) is 13.4. The molecule has 0 spiro atoms. The molecule has 0 saturated carbocycles. The molecule has 6 heteroatoms. The lowest BCUT2D eigenvalue weighted by Crippen LogP contribution is -1.87. The van der Waals surface area contributed by atoms with E-state index in [4.69, 9.17) is 33.7 Å². The fourth-order valence-electron chi connectivity index (χ4n) is 1.71. The van der Waals surface area contributed by atoms with E-state index >= 15 is 0 Å². The molecule has 0 aliphatic carbocycles. The van der Waals surface area contributed by atoms with Crippen LogP contribution in [-0.4, -0.2) is 9.97 Å². The van der Waals surface area contributed by atoms with Crippen LogP contribution in [0.15, 0.2) is 36.4 Å². The van der Waals surface area contributed by atoms with Gasteiger partial charge in [-0.15, -0.1) is 0 Å². The zero-order valence-corrected chi connectivity index (χ0v) is 11.2. The van der Waals surface area contributed by atoms with E-state index in [0.29, 0.717) is 27.5 Å². The van der Waals surface area contributed by atoms with Crippen LogP contribution in [0.2, 0.25) is 10.0 Å². The van der Waals surface area contributed by atoms with E-state index in [1.807, 2.05) is 6.07 Å². The zero-order valence-electron chi connectivity index (χ0n) is 9.65. The molecule has 0 radical (unpaired) electrons. The summed E-state index contributed by atoms with van der Waals surface area (Å²) in [4.78, 5) is 7.30. The molecular weight excluding hydrogens is 285 g/mol. The summed E-state index contributed by atoms with van der Waals surface area (Å²) in [6, 6.07) is 10.7. The minimum absolute atomic E-state index is 0.338. The van der Waals surface area contributed by atoms with Crippen molar-refractivity contribution in [2.45, 2.75) is 0 Å². The van der Waals surface area contributed by atoms with Gasteiger partial charge in [0.2, 0.25) is 0 Å². The van der Waals surface area contributed by atoms with Gasteiger partial charge in [0.25, 0.3) is 6.01 Å². The van der Waals surface area contributed by atoms with Crippen molar-refractivity contribution in [1.29, 1.82) is 0 Å². The Labute approximate surface area is 119 Å². The predicted molar refractivity (Wildman–Crippen MR) is 77.0 cm³/mol. The summed E-state index contributed by atoms with van der Waals surface area (Å²) in [7, 11) is 0. The van der Waals surface area contributed by atoms with Crippen LogP contribution >= 0.6 is 23.2 Å². The van der Waals surface area contributed by atoms with Gasteiger partial charge in [0.05, 0.1) is 16.1 Å². The van der Waals surface area contributed by atoms with Crippen molar-refractivity contribution in [1.82, 2.24) is 9.97 Å². The van der Waals surface area contributed by atoms with Crippen molar-refractivity contribution in [2.75, 3.05) is 5.73 Å². The number of hydrogen-bond acceptors (Lipinski definition) is 3. The molecule has 0 aliphatic heterocycles. The fourth-order valence-corrected chi connectivity index (χ4v) is 2.03. The number of rotatable bonds is 2. The van der Waals surface area contributed by atoms with Gasteiger partial charge in [-0.25, -0.2) is 0 Å². The van der Waals surface area contributed by atoms with Crippen molar-refractivity contribution in [2.24, 2.45) is 0 Å². The Balaban J connectivity index is 1.98. The molecule has 0 atom stereocenters. The Kier molecular flexibility index (Phi) is 2.97. The van der Waals surface area contributed by atoms with E-state index in [0.717, 1.165) is 11.0 Å². The Hall–Kier alpha value is -1.91. The number of imidazole rings is 1. The molecular formula is C13H9Cl2N3O. The summed E-state index contributed by atoms with van der Waals surface area (Å²) >= 11 is 11.9. The number of nitrogens with zero attached hydrogens (tertiary/aromatic N) is 1. The van der Waals surface area contributed by atoms with E-state index in [1.54, 1.807) is 30.3 Å². The molecule has 0 aliphatic rings. The largest absolute Gasteiger partial charge is 0.424 e. The van der Waals surface area contributed by atoms with Gasteiger partial charge >= 0.3 is 0 Å². The standard InChI is InChI=1S/C13H9Cl2N3O/c14-7-1-3-9(15)12(5-7)19-13-17-10-4-2-8(16)6-11(10)18-13/h1-6H,16H2,(H,17,18). The molecule has 3 N–H and O–H groups in total. The summed E-state index contributed by atoms with van der Waals surface area (Å²) in [5.41, 5.74) is 7.92. The fraction of sp³-hybridized carbons (Fsp3) is 0. The highest BCUT2D eigenvalue weighted by molar-refractivity contribution is 6.34. The second-order valence-corrected chi connectivity index (χ2v) is 4.84. The number of fused-ring (bicyclic) bond motifs is 1. The molecule has 3 aromatic rings. The van der Waals surface area contributed by atoms with E-state index < -0.39 is 0 Å². The molecule has 0 fully saturated rings.